The van der Waals surface area contributed by atoms with Crippen molar-refractivity contribution in [3.63, 3.8) is 0 Å². The molecule has 1 heterocycles. The topological polar surface area (TPSA) is 58.6 Å². The van der Waals surface area contributed by atoms with Crippen molar-refractivity contribution >= 4 is 39.5 Å². The van der Waals surface area contributed by atoms with E-state index in [1.807, 2.05) is 0 Å². The Bertz CT molecular complexity index is 782. The monoisotopic (exact) mass is 372 g/mol. The van der Waals surface area contributed by atoms with Gasteiger partial charge in [0, 0.05) is 4.47 Å². The van der Waals surface area contributed by atoms with E-state index in [0.717, 1.165) is 10.0 Å². The van der Waals surface area contributed by atoms with Gasteiger partial charge in [0.15, 0.2) is 0 Å². The molecule has 1 saturated heterocycles. The lowest BCUT2D eigenvalue weighted by Crippen LogP contribution is -2.35. The van der Waals surface area contributed by atoms with Gasteiger partial charge in [-0.2, -0.15) is 0 Å². The summed E-state index contributed by atoms with van der Waals surface area (Å²) in [4.78, 5) is 24.6. The average molecular weight is 373 g/mol. The maximum Gasteiger partial charge on any atom is 0.282 e. The van der Waals surface area contributed by atoms with Gasteiger partial charge in [-0.05, 0) is 48.0 Å². The fourth-order valence-electron chi connectivity index (χ4n) is 2.20. The fraction of sp³-hybridized carbons (Fsp3) is 0.0588. The Morgan fingerprint density at radius 1 is 1.04 bits per heavy atom. The van der Waals surface area contributed by atoms with Crippen LogP contribution in [0, 0.1) is 0 Å². The third-order valence-corrected chi connectivity index (χ3v) is 3.93. The highest BCUT2D eigenvalue weighted by atomic mass is 79.9. The van der Waals surface area contributed by atoms with Gasteiger partial charge < -0.3 is 4.74 Å². The number of carbonyl (C=O) groups is 2. The number of anilines is 1. The largest absolute Gasteiger partial charge is 0.497 e. The summed E-state index contributed by atoms with van der Waals surface area (Å²) in [5.41, 5.74) is 4.02. The molecule has 2 amide bonds. The summed E-state index contributed by atoms with van der Waals surface area (Å²) in [5, 5.41) is 1.24. The molecule has 6 heteroatoms. The lowest BCUT2D eigenvalue weighted by atomic mass is 10.1. The summed E-state index contributed by atoms with van der Waals surface area (Å²) in [7, 11) is 1.58. The molecule has 2 aromatic carbocycles. The second-order valence-corrected chi connectivity index (χ2v) is 5.80. The van der Waals surface area contributed by atoms with Gasteiger partial charge in [-0.25, -0.2) is 5.01 Å². The average Bonchev–Trinajstić information content (AvgIpc) is 2.84. The van der Waals surface area contributed by atoms with Gasteiger partial charge in [0.05, 0.1) is 12.8 Å². The molecule has 1 fully saturated rings. The Morgan fingerprint density at radius 3 is 2.30 bits per heavy atom. The van der Waals surface area contributed by atoms with Crippen molar-refractivity contribution in [3.8, 4) is 5.75 Å². The molecule has 0 saturated carbocycles. The third-order valence-electron chi connectivity index (χ3n) is 3.40. The summed E-state index contributed by atoms with van der Waals surface area (Å²) in [6.07, 6.45) is 1.57. The molecule has 1 N–H and O–H groups in total. The van der Waals surface area contributed by atoms with Crippen LogP contribution < -0.4 is 15.2 Å². The summed E-state index contributed by atoms with van der Waals surface area (Å²) in [6, 6.07) is 14.2. The van der Waals surface area contributed by atoms with Crippen LogP contribution in [0.25, 0.3) is 6.08 Å². The zero-order valence-corrected chi connectivity index (χ0v) is 13.8. The standard InChI is InChI=1S/C17H13BrN2O3/c1-23-14-8-2-11(3-9-14)10-15-16(21)19-20(17(15)22)13-6-4-12(18)5-7-13/h2-10H,1H3,(H,19,21)/b15-10-. The number of hydrogen-bond acceptors (Lipinski definition) is 3. The molecule has 0 unspecified atom stereocenters. The van der Waals surface area contributed by atoms with E-state index in [4.69, 9.17) is 4.74 Å². The number of methoxy groups -OCH3 is 1. The summed E-state index contributed by atoms with van der Waals surface area (Å²) in [5.74, 6) is -0.0901. The van der Waals surface area contributed by atoms with E-state index in [2.05, 4.69) is 21.4 Å². The molecular formula is C17H13BrN2O3. The number of benzene rings is 2. The van der Waals surface area contributed by atoms with Crippen LogP contribution in [0.3, 0.4) is 0 Å². The number of halogens is 1. The summed E-state index contributed by atoms with van der Waals surface area (Å²) < 4.78 is 5.98. The molecule has 2 aromatic rings. The number of hydrogen-bond donors (Lipinski definition) is 1. The van der Waals surface area contributed by atoms with Crippen molar-refractivity contribution in [1.82, 2.24) is 5.43 Å². The number of nitrogens with one attached hydrogen (secondary N) is 1. The molecule has 1 aliphatic heterocycles. The normalized spacial score (nSPS) is 15.9. The summed E-state index contributed by atoms with van der Waals surface area (Å²) >= 11 is 3.34. The van der Waals surface area contributed by atoms with Crippen LogP contribution in [0.15, 0.2) is 58.6 Å². The van der Waals surface area contributed by atoms with Gasteiger partial charge in [0.1, 0.15) is 11.3 Å². The minimum Gasteiger partial charge on any atom is -0.497 e. The van der Waals surface area contributed by atoms with Crippen LogP contribution in [0.5, 0.6) is 5.75 Å². The molecule has 5 nitrogen and oxygen atoms in total. The highest BCUT2D eigenvalue weighted by molar-refractivity contribution is 9.10. The van der Waals surface area contributed by atoms with E-state index < -0.39 is 5.91 Å². The van der Waals surface area contributed by atoms with E-state index >= 15 is 0 Å². The number of hydrazine groups is 1. The zero-order chi connectivity index (χ0) is 16.4. The second kappa shape index (κ2) is 6.26. The van der Waals surface area contributed by atoms with Crippen LogP contribution in [0.4, 0.5) is 5.69 Å². The van der Waals surface area contributed by atoms with E-state index in [1.54, 1.807) is 61.7 Å². The number of ether oxygens (including phenoxy) is 1. The lowest BCUT2D eigenvalue weighted by Gasteiger charge is -2.14. The first kappa shape index (κ1) is 15.3. The van der Waals surface area contributed by atoms with Crippen molar-refractivity contribution in [1.29, 1.82) is 0 Å². The Morgan fingerprint density at radius 2 is 1.70 bits per heavy atom. The smallest absolute Gasteiger partial charge is 0.282 e. The van der Waals surface area contributed by atoms with E-state index in [9.17, 15) is 9.59 Å². The molecule has 1 aliphatic rings. The van der Waals surface area contributed by atoms with Crippen LogP contribution in [0.2, 0.25) is 0 Å². The minimum absolute atomic E-state index is 0.0954. The number of amides is 2. The lowest BCUT2D eigenvalue weighted by molar-refractivity contribution is -0.117. The van der Waals surface area contributed by atoms with Gasteiger partial charge in [0.2, 0.25) is 0 Å². The summed E-state index contributed by atoms with van der Waals surface area (Å²) in [6.45, 7) is 0. The molecule has 116 valence electrons. The minimum atomic E-state index is -0.422. The van der Waals surface area contributed by atoms with Crippen LogP contribution in [-0.2, 0) is 9.59 Å². The van der Waals surface area contributed by atoms with Crippen molar-refractivity contribution in [2.75, 3.05) is 12.1 Å². The van der Waals surface area contributed by atoms with Gasteiger partial charge in [-0.1, -0.05) is 28.1 Å². The predicted molar refractivity (Wildman–Crippen MR) is 90.7 cm³/mol. The Kier molecular flexibility index (Phi) is 4.16. The van der Waals surface area contributed by atoms with Crippen molar-refractivity contribution in [3.05, 3.63) is 64.1 Å². The van der Waals surface area contributed by atoms with Gasteiger partial charge >= 0.3 is 0 Å². The Hall–Kier alpha value is -2.60. The fourth-order valence-corrected chi connectivity index (χ4v) is 2.46. The predicted octanol–water partition coefficient (Wildman–Crippen LogP) is 2.92. The first-order chi connectivity index (χ1) is 11.1. The molecule has 23 heavy (non-hydrogen) atoms. The Balaban J connectivity index is 1.88. The maximum atomic E-state index is 12.5. The maximum absolute atomic E-state index is 12.5. The second-order valence-electron chi connectivity index (χ2n) is 4.89. The highest BCUT2D eigenvalue weighted by Crippen LogP contribution is 2.23. The van der Waals surface area contributed by atoms with Crippen molar-refractivity contribution in [2.45, 2.75) is 0 Å². The van der Waals surface area contributed by atoms with Crippen molar-refractivity contribution in [2.24, 2.45) is 0 Å². The molecular weight excluding hydrogens is 360 g/mol. The molecule has 0 aromatic heterocycles. The first-order valence-electron chi connectivity index (χ1n) is 6.85. The molecule has 0 radical (unpaired) electrons. The molecule has 3 rings (SSSR count). The van der Waals surface area contributed by atoms with E-state index in [0.29, 0.717) is 11.4 Å². The number of carbonyl (C=O) groups excluding carboxylic acids is 2. The quantitative estimate of drug-likeness (QED) is 0.665. The molecule has 0 aliphatic carbocycles. The number of nitrogens with zero attached hydrogens (tertiary/aromatic N) is 1. The van der Waals surface area contributed by atoms with Crippen LogP contribution in [0.1, 0.15) is 5.56 Å². The molecule has 0 spiro atoms. The van der Waals surface area contributed by atoms with Crippen LogP contribution in [-0.4, -0.2) is 18.9 Å². The zero-order valence-electron chi connectivity index (χ0n) is 12.2. The highest BCUT2D eigenvalue weighted by Gasteiger charge is 2.34. The molecule has 0 atom stereocenters. The van der Waals surface area contributed by atoms with Gasteiger partial charge in [-0.15, -0.1) is 0 Å². The van der Waals surface area contributed by atoms with E-state index in [-0.39, 0.29) is 11.5 Å². The molecule has 0 bridgehead atoms. The van der Waals surface area contributed by atoms with Gasteiger partial charge in [0.25, 0.3) is 11.8 Å². The SMILES string of the molecule is COc1ccc(/C=C2/C(=O)NN(c3ccc(Br)cc3)C2=O)cc1. The third kappa shape index (κ3) is 3.12. The first-order valence-corrected chi connectivity index (χ1v) is 7.64. The van der Waals surface area contributed by atoms with Crippen molar-refractivity contribution < 1.29 is 14.3 Å². The Labute approximate surface area is 141 Å². The van der Waals surface area contributed by atoms with Gasteiger partial charge in [-0.3, -0.25) is 15.0 Å². The van der Waals surface area contributed by atoms with E-state index in [1.165, 1.54) is 5.01 Å². The van der Waals surface area contributed by atoms with Crippen LogP contribution >= 0.6 is 15.9 Å². The number of rotatable bonds is 3.